The summed E-state index contributed by atoms with van der Waals surface area (Å²) in [6.45, 7) is 0. The lowest BCUT2D eigenvalue weighted by Crippen LogP contribution is -2.35. The molecule has 23 heavy (non-hydrogen) atoms. The van der Waals surface area contributed by atoms with Gasteiger partial charge in [-0.2, -0.15) is 52.7 Å². The normalized spacial score (nSPS) is 14.9. The van der Waals surface area contributed by atoms with Gasteiger partial charge in [-0.25, -0.2) is 0 Å². The Morgan fingerprint density at radius 1 is 0.435 bits per heavy atom. The Labute approximate surface area is 121 Å². The fraction of sp³-hybridized carbons (Fsp3) is 1.00. The summed E-state index contributed by atoms with van der Waals surface area (Å²) in [6, 6.07) is 0. The Hall–Kier alpha value is -0.880. The summed E-state index contributed by atoms with van der Waals surface area (Å²) < 4.78 is 149. The number of alkyl halides is 12. The van der Waals surface area contributed by atoms with E-state index in [4.69, 9.17) is 0 Å². The van der Waals surface area contributed by atoms with Crippen molar-refractivity contribution < 1.29 is 57.4 Å². The van der Waals surface area contributed by atoms with Crippen molar-refractivity contribution in [2.75, 3.05) is 0 Å². The van der Waals surface area contributed by atoms with Crippen molar-refractivity contribution in [1.29, 1.82) is 0 Å². The maximum absolute atomic E-state index is 12.1. The minimum atomic E-state index is -5.25. The van der Waals surface area contributed by atoms with E-state index in [-0.39, 0.29) is 0 Å². The summed E-state index contributed by atoms with van der Waals surface area (Å²) in [5, 5.41) is 0. The lowest BCUT2D eigenvalue weighted by Gasteiger charge is -2.27. The Morgan fingerprint density at radius 2 is 0.609 bits per heavy atom. The first-order valence-corrected chi connectivity index (χ1v) is 5.79. The molecule has 0 heterocycles. The monoisotopic (exact) mass is 374 g/mol. The van der Waals surface area contributed by atoms with Gasteiger partial charge in [-0.3, -0.25) is 0 Å². The van der Waals surface area contributed by atoms with Gasteiger partial charge in [0.15, 0.2) is 0 Å². The molecule has 0 aromatic carbocycles. The van der Waals surface area contributed by atoms with E-state index in [2.05, 4.69) is 4.74 Å². The Balaban J connectivity index is 5.15. The Morgan fingerprint density at radius 3 is 0.739 bits per heavy atom. The fourth-order valence-electron chi connectivity index (χ4n) is 1.64. The zero-order valence-electron chi connectivity index (χ0n) is 10.9. The van der Waals surface area contributed by atoms with Gasteiger partial charge in [-0.1, -0.05) is 0 Å². The van der Waals surface area contributed by atoms with Gasteiger partial charge in [-0.05, 0) is 0 Å². The van der Waals surface area contributed by atoms with Crippen LogP contribution < -0.4 is 0 Å². The summed E-state index contributed by atoms with van der Waals surface area (Å²) >= 11 is 0. The molecule has 0 aromatic rings. The maximum Gasteiger partial charge on any atom is 0.391 e. The van der Waals surface area contributed by atoms with Crippen molar-refractivity contribution in [3.63, 3.8) is 0 Å². The lowest BCUT2D eigenvalue weighted by molar-refractivity contribution is -0.232. The molecule has 0 unspecified atom stereocenters. The quantitative estimate of drug-likeness (QED) is 0.554. The van der Waals surface area contributed by atoms with Gasteiger partial charge in [0, 0.05) is 0 Å². The van der Waals surface area contributed by atoms with Crippen LogP contribution in [0.15, 0.2) is 0 Å². The molecular weight excluding hydrogens is 364 g/mol. The molecule has 0 bridgehead atoms. The lowest BCUT2D eigenvalue weighted by atomic mass is 10.1. The zero-order valence-corrected chi connectivity index (χ0v) is 10.9. The predicted molar refractivity (Wildman–Crippen MR) is 51.3 cm³/mol. The molecule has 0 aromatic heterocycles. The van der Waals surface area contributed by atoms with Crippen LogP contribution in [0.25, 0.3) is 0 Å². The van der Waals surface area contributed by atoms with Gasteiger partial charge in [-0.15, -0.1) is 0 Å². The van der Waals surface area contributed by atoms with Gasteiger partial charge in [0.05, 0.1) is 37.9 Å². The van der Waals surface area contributed by atoms with Gasteiger partial charge in [0.25, 0.3) is 0 Å². The molecule has 0 N–H and O–H groups in total. The molecule has 0 amide bonds. The van der Waals surface area contributed by atoms with E-state index in [0.29, 0.717) is 0 Å². The molecule has 13 heteroatoms. The predicted octanol–water partition coefficient (Wildman–Crippen LogP) is 5.55. The van der Waals surface area contributed by atoms with Crippen molar-refractivity contribution in [1.82, 2.24) is 0 Å². The Kier molecular flexibility index (Phi) is 7.06. The molecule has 0 saturated carbocycles. The van der Waals surface area contributed by atoms with E-state index < -0.39 is 62.6 Å². The average molecular weight is 374 g/mol. The highest BCUT2D eigenvalue weighted by Gasteiger charge is 2.44. The number of hydrogen-bond donors (Lipinski definition) is 0. The van der Waals surface area contributed by atoms with E-state index in [1.54, 1.807) is 0 Å². The molecule has 0 atom stereocenters. The summed E-state index contributed by atoms with van der Waals surface area (Å²) in [5.74, 6) is 0. The highest BCUT2D eigenvalue weighted by Crippen LogP contribution is 2.35. The van der Waals surface area contributed by atoms with Crippen molar-refractivity contribution >= 4 is 0 Å². The second-order valence-electron chi connectivity index (χ2n) is 4.66. The summed E-state index contributed by atoms with van der Waals surface area (Å²) in [7, 11) is 0. The van der Waals surface area contributed by atoms with Crippen LogP contribution in [-0.4, -0.2) is 36.9 Å². The third-order valence-corrected chi connectivity index (χ3v) is 2.22. The Bertz CT molecular complexity index is 283. The number of ether oxygens (including phenoxy) is 1. The van der Waals surface area contributed by atoms with Crippen LogP contribution in [0.5, 0.6) is 0 Å². The highest BCUT2D eigenvalue weighted by atomic mass is 19.4. The average Bonchev–Trinajstić information content (AvgIpc) is 2.03. The van der Waals surface area contributed by atoms with Crippen LogP contribution in [0, 0.1) is 0 Å². The molecule has 0 aliphatic heterocycles. The van der Waals surface area contributed by atoms with E-state index in [9.17, 15) is 52.7 Å². The van der Waals surface area contributed by atoms with Crippen LogP contribution in [0.1, 0.15) is 25.7 Å². The molecule has 1 nitrogen and oxygen atoms in total. The van der Waals surface area contributed by atoms with Crippen LogP contribution in [0.2, 0.25) is 0 Å². The summed E-state index contributed by atoms with van der Waals surface area (Å²) in [4.78, 5) is 0. The van der Waals surface area contributed by atoms with E-state index >= 15 is 0 Å². The fourth-order valence-corrected chi connectivity index (χ4v) is 1.64. The molecular formula is C10H10F12O. The van der Waals surface area contributed by atoms with Crippen LogP contribution >= 0.6 is 0 Å². The van der Waals surface area contributed by atoms with Crippen molar-refractivity contribution in [3.8, 4) is 0 Å². The minimum absolute atomic E-state index is 2.32. The third-order valence-electron chi connectivity index (χ3n) is 2.22. The van der Waals surface area contributed by atoms with Crippen LogP contribution in [0.3, 0.4) is 0 Å². The van der Waals surface area contributed by atoms with Gasteiger partial charge >= 0.3 is 24.7 Å². The largest absolute Gasteiger partial charge is 0.391 e. The number of halogens is 12. The molecule has 0 aliphatic rings. The number of hydrogen-bond acceptors (Lipinski definition) is 1. The van der Waals surface area contributed by atoms with E-state index in [1.807, 2.05) is 0 Å². The molecule has 0 spiro atoms. The first kappa shape index (κ1) is 22.1. The van der Waals surface area contributed by atoms with Crippen LogP contribution in [-0.2, 0) is 4.74 Å². The standard InChI is InChI=1S/C10H10F12O/c11-7(12,13)1-5(2-8(14,15)16)23-6(3-9(17,18)19)4-10(20,21)22/h5-6H,1-4H2. The van der Waals surface area contributed by atoms with E-state index in [0.717, 1.165) is 0 Å². The van der Waals surface area contributed by atoms with Gasteiger partial charge in [0.1, 0.15) is 0 Å². The minimum Gasteiger partial charge on any atom is -0.374 e. The number of rotatable bonds is 6. The second-order valence-corrected chi connectivity index (χ2v) is 4.66. The first-order valence-electron chi connectivity index (χ1n) is 5.79. The van der Waals surface area contributed by atoms with E-state index in [1.165, 1.54) is 0 Å². The summed E-state index contributed by atoms with van der Waals surface area (Å²) in [5.41, 5.74) is 0. The second kappa shape index (κ2) is 7.34. The van der Waals surface area contributed by atoms with Crippen LogP contribution in [0.4, 0.5) is 52.7 Å². The smallest absolute Gasteiger partial charge is 0.374 e. The molecule has 0 aliphatic carbocycles. The molecule has 0 radical (unpaired) electrons. The highest BCUT2D eigenvalue weighted by molar-refractivity contribution is 4.74. The third kappa shape index (κ3) is 14.4. The van der Waals surface area contributed by atoms with Crippen molar-refractivity contribution in [2.24, 2.45) is 0 Å². The molecule has 0 saturated heterocycles. The van der Waals surface area contributed by atoms with Crippen molar-refractivity contribution in [2.45, 2.75) is 62.6 Å². The molecule has 0 fully saturated rings. The summed E-state index contributed by atoms with van der Waals surface area (Å²) in [6.07, 6.45) is -36.1. The first-order chi connectivity index (χ1) is 9.86. The maximum atomic E-state index is 12.1. The van der Waals surface area contributed by atoms with Gasteiger partial charge < -0.3 is 4.74 Å². The topological polar surface area (TPSA) is 9.23 Å². The SMILES string of the molecule is FC(F)(F)CC(CC(F)(F)F)OC(CC(F)(F)F)CC(F)(F)F. The zero-order chi connectivity index (χ0) is 18.7. The molecule has 0 rings (SSSR count). The molecule has 140 valence electrons. The van der Waals surface area contributed by atoms with Gasteiger partial charge in [0.2, 0.25) is 0 Å². The van der Waals surface area contributed by atoms with Crippen molar-refractivity contribution in [3.05, 3.63) is 0 Å².